The zero-order valence-corrected chi connectivity index (χ0v) is 13.2. The molecule has 0 amide bonds. The Kier molecular flexibility index (Phi) is 6.33. The van der Waals surface area contributed by atoms with E-state index in [1.54, 1.807) is 6.07 Å². The zero-order chi connectivity index (χ0) is 13.7. The number of Topliss-reactive ketones (excluding diaryl/α,β-unsaturated/α-hetero) is 1. The molecule has 100 valence electrons. The summed E-state index contributed by atoms with van der Waals surface area (Å²) in [5.74, 6) is 0.253. The lowest BCUT2D eigenvalue weighted by atomic mass is 9.98. The molecule has 0 heterocycles. The van der Waals surface area contributed by atoms with Gasteiger partial charge in [-0.3, -0.25) is 4.79 Å². The fraction of sp³-hybridized carbons (Fsp3) is 0.500. The lowest BCUT2D eigenvalue weighted by Gasteiger charge is -2.19. The SMILES string of the molecule is CCOC(C(=O)Cc1ccc(Br)cc1Cl)C(C)C. The number of ketones is 1. The first-order chi connectivity index (χ1) is 8.45. The van der Waals surface area contributed by atoms with Crippen LogP contribution in [0.1, 0.15) is 26.3 Å². The maximum absolute atomic E-state index is 12.2. The monoisotopic (exact) mass is 332 g/mol. The highest BCUT2D eigenvalue weighted by atomic mass is 79.9. The van der Waals surface area contributed by atoms with Gasteiger partial charge in [-0.2, -0.15) is 0 Å². The predicted octanol–water partition coefficient (Wildman–Crippen LogP) is 4.28. The van der Waals surface area contributed by atoms with Gasteiger partial charge >= 0.3 is 0 Å². The molecule has 0 aromatic heterocycles. The number of ether oxygens (including phenoxy) is 1. The largest absolute Gasteiger partial charge is 0.370 e. The lowest BCUT2D eigenvalue weighted by Crippen LogP contribution is -2.31. The van der Waals surface area contributed by atoms with Crippen molar-refractivity contribution in [1.29, 1.82) is 0 Å². The molecule has 1 unspecified atom stereocenters. The van der Waals surface area contributed by atoms with Gasteiger partial charge in [0.2, 0.25) is 0 Å². The van der Waals surface area contributed by atoms with Crippen LogP contribution in [0.25, 0.3) is 0 Å². The molecular formula is C14H18BrClO2. The Balaban J connectivity index is 2.79. The first-order valence-electron chi connectivity index (χ1n) is 6.04. The van der Waals surface area contributed by atoms with E-state index in [9.17, 15) is 4.79 Å². The molecule has 0 spiro atoms. The molecule has 4 heteroatoms. The number of carbonyl (C=O) groups excluding carboxylic acids is 1. The maximum atomic E-state index is 12.2. The van der Waals surface area contributed by atoms with Crippen molar-refractivity contribution in [2.45, 2.75) is 33.3 Å². The average molecular weight is 334 g/mol. The van der Waals surface area contributed by atoms with Gasteiger partial charge in [0.15, 0.2) is 5.78 Å². The van der Waals surface area contributed by atoms with Crippen molar-refractivity contribution in [3.05, 3.63) is 33.3 Å². The molecular weight excluding hydrogens is 316 g/mol. The maximum Gasteiger partial charge on any atom is 0.166 e. The van der Waals surface area contributed by atoms with E-state index in [4.69, 9.17) is 16.3 Å². The van der Waals surface area contributed by atoms with Crippen molar-refractivity contribution >= 4 is 33.3 Å². The van der Waals surface area contributed by atoms with E-state index >= 15 is 0 Å². The van der Waals surface area contributed by atoms with Gasteiger partial charge in [-0.1, -0.05) is 47.4 Å². The van der Waals surface area contributed by atoms with E-state index in [1.165, 1.54) is 0 Å². The summed E-state index contributed by atoms with van der Waals surface area (Å²) in [6, 6.07) is 5.56. The lowest BCUT2D eigenvalue weighted by molar-refractivity contribution is -0.132. The number of rotatable bonds is 6. The van der Waals surface area contributed by atoms with Crippen molar-refractivity contribution in [3.63, 3.8) is 0 Å². The number of halogens is 2. The molecule has 0 aliphatic heterocycles. The van der Waals surface area contributed by atoms with Gasteiger partial charge in [0.1, 0.15) is 6.10 Å². The summed E-state index contributed by atoms with van der Waals surface area (Å²) in [5, 5.41) is 0.608. The molecule has 0 saturated carbocycles. The Morgan fingerprint density at radius 1 is 1.44 bits per heavy atom. The normalized spacial score (nSPS) is 12.8. The van der Waals surface area contributed by atoms with Gasteiger partial charge in [-0.05, 0) is 30.5 Å². The van der Waals surface area contributed by atoms with Crippen molar-refractivity contribution in [2.24, 2.45) is 5.92 Å². The van der Waals surface area contributed by atoms with Crippen molar-refractivity contribution in [1.82, 2.24) is 0 Å². The number of hydrogen-bond donors (Lipinski definition) is 0. The fourth-order valence-corrected chi connectivity index (χ4v) is 2.53. The van der Waals surface area contributed by atoms with Crippen LogP contribution in [0.3, 0.4) is 0 Å². The Labute approximate surface area is 122 Å². The van der Waals surface area contributed by atoms with Gasteiger partial charge in [0.25, 0.3) is 0 Å². The fourth-order valence-electron chi connectivity index (χ4n) is 1.79. The summed E-state index contributed by atoms with van der Waals surface area (Å²) < 4.78 is 6.41. The zero-order valence-electron chi connectivity index (χ0n) is 10.9. The molecule has 1 atom stereocenters. The number of hydrogen-bond acceptors (Lipinski definition) is 2. The summed E-state index contributed by atoms with van der Waals surface area (Å²) in [5.41, 5.74) is 0.843. The van der Waals surface area contributed by atoms with Crippen LogP contribution >= 0.6 is 27.5 Å². The predicted molar refractivity (Wildman–Crippen MR) is 78.1 cm³/mol. The van der Waals surface area contributed by atoms with Crippen LogP contribution in [0, 0.1) is 5.92 Å². The van der Waals surface area contributed by atoms with Gasteiger partial charge in [-0.15, -0.1) is 0 Å². The summed E-state index contributed by atoms with van der Waals surface area (Å²) in [6.45, 7) is 6.42. The molecule has 0 bridgehead atoms. The van der Waals surface area contributed by atoms with Gasteiger partial charge in [-0.25, -0.2) is 0 Å². The van der Waals surface area contributed by atoms with E-state index in [1.807, 2.05) is 32.9 Å². The van der Waals surface area contributed by atoms with Crippen LogP contribution in [0.2, 0.25) is 5.02 Å². The van der Waals surface area contributed by atoms with Crippen molar-refractivity contribution in [3.8, 4) is 0 Å². The first-order valence-corrected chi connectivity index (χ1v) is 7.21. The molecule has 2 nitrogen and oxygen atoms in total. The van der Waals surface area contributed by atoms with Crippen LogP contribution in [-0.4, -0.2) is 18.5 Å². The summed E-state index contributed by atoms with van der Waals surface area (Å²) in [7, 11) is 0. The second-order valence-corrected chi connectivity index (χ2v) is 5.82. The molecule has 0 radical (unpaired) electrons. The summed E-state index contributed by atoms with van der Waals surface area (Å²) in [4.78, 5) is 12.2. The highest BCUT2D eigenvalue weighted by molar-refractivity contribution is 9.10. The molecule has 0 fully saturated rings. The molecule has 0 aliphatic rings. The standard InChI is InChI=1S/C14H18BrClO2/c1-4-18-14(9(2)3)13(17)7-10-5-6-11(15)8-12(10)16/h5-6,8-9,14H,4,7H2,1-3H3. The molecule has 0 saturated heterocycles. The smallest absolute Gasteiger partial charge is 0.166 e. The Bertz CT molecular complexity index is 418. The minimum absolute atomic E-state index is 0.0797. The van der Waals surface area contributed by atoms with E-state index < -0.39 is 0 Å². The highest BCUT2D eigenvalue weighted by Gasteiger charge is 2.23. The topological polar surface area (TPSA) is 26.3 Å². The number of benzene rings is 1. The van der Waals surface area contributed by atoms with Crippen LogP contribution in [-0.2, 0) is 16.0 Å². The molecule has 1 aromatic carbocycles. The second kappa shape index (κ2) is 7.27. The van der Waals surface area contributed by atoms with E-state index in [2.05, 4.69) is 15.9 Å². The first kappa shape index (κ1) is 15.7. The van der Waals surface area contributed by atoms with E-state index in [-0.39, 0.29) is 17.8 Å². The third-order valence-corrected chi connectivity index (χ3v) is 3.49. The van der Waals surface area contributed by atoms with E-state index in [0.29, 0.717) is 18.1 Å². The molecule has 0 N–H and O–H groups in total. The molecule has 1 rings (SSSR count). The van der Waals surface area contributed by atoms with Crippen LogP contribution in [0.4, 0.5) is 0 Å². The summed E-state index contributed by atoms with van der Waals surface area (Å²) in [6.07, 6.45) is -0.0377. The van der Waals surface area contributed by atoms with Crippen LogP contribution in [0.5, 0.6) is 0 Å². The van der Waals surface area contributed by atoms with Crippen molar-refractivity contribution in [2.75, 3.05) is 6.61 Å². The quantitative estimate of drug-likeness (QED) is 0.777. The molecule has 18 heavy (non-hydrogen) atoms. The van der Waals surface area contributed by atoms with Crippen LogP contribution in [0.15, 0.2) is 22.7 Å². The van der Waals surface area contributed by atoms with Gasteiger partial charge in [0, 0.05) is 22.5 Å². The molecule has 1 aromatic rings. The van der Waals surface area contributed by atoms with Crippen LogP contribution < -0.4 is 0 Å². The number of carbonyl (C=O) groups is 1. The third kappa shape index (κ3) is 4.38. The minimum atomic E-state index is -0.352. The molecule has 0 aliphatic carbocycles. The minimum Gasteiger partial charge on any atom is -0.370 e. The van der Waals surface area contributed by atoms with Crippen molar-refractivity contribution < 1.29 is 9.53 Å². The van der Waals surface area contributed by atoms with Gasteiger partial charge < -0.3 is 4.74 Å². The third-order valence-electron chi connectivity index (χ3n) is 2.65. The Hall–Kier alpha value is -0.380. The highest BCUT2D eigenvalue weighted by Crippen LogP contribution is 2.23. The van der Waals surface area contributed by atoms with Gasteiger partial charge in [0.05, 0.1) is 0 Å². The summed E-state index contributed by atoms with van der Waals surface area (Å²) >= 11 is 9.46. The second-order valence-electron chi connectivity index (χ2n) is 4.50. The van der Waals surface area contributed by atoms with E-state index in [0.717, 1.165) is 10.0 Å². The Morgan fingerprint density at radius 2 is 2.11 bits per heavy atom. The Morgan fingerprint density at radius 3 is 2.61 bits per heavy atom. The average Bonchev–Trinajstić information content (AvgIpc) is 2.29.